The van der Waals surface area contributed by atoms with E-state index < -0.39 is 0 Å². The van der Waals surface area contributed by atoms with Crippen molar-refractivity contribution in [1.29, 1.82) is 0 Å². The van der Waals surface area contributed by atoms with Crippen LogP contribution in [0.5, 0.6) is 0 Å². The largest absolute Gasteiger partial charge is 0.455 e. The molecule has 0 aliphatic rings. The fourth-order valence-electron chi connectivity index (χ4n) is 11.9. The third-order valence-corrected chi connectivity index (χ3v) is 15.3. The first-order valence-corrected chi connectivity index (χ1v) is 25.6. The highest BCUT2D eigenvalue weighted by Gasteiger charge is 2.28. The maximum atomic E-state index is 7.31. The zero-order chi connectivity index (χ0) is 49.7. The highest BCUT2D eigenvalue weighted by atomic mass is 16.3. The first-order chi connectivity index (χ1) is 37.1. The summed E-state index contributed by atoms with van der Waals surface area (Å²) in [7, 11) is 0. The predicted molar refractivity (Wildman–Crippen MR) is 313 cm³/mol. The molecular weight excluding hydrogens is 917 g/mol. The minimum atomic E-state index is 0.790. The predicted octanol–water partition coefficient (Wildman–Crippen LogP) is 20.6. The van der Waals surface area contributed by atoms with Crippen molar-refractivity contribution < 1.29 is 13.3 Å². The van der Waals surface area contributed by atoms with Crippen molar-refractivity contribution >= 4 is 121 Å². The Bertz CT molecular complexity index is 4760. The van der Waals surface area contributed by atoms with Gasteiger partial charge >= 0.3 is 0 Å². The zero-order valence-electron chi connectivity index (χ0n) is 41.2. The SMILES string of the molecule is Cc1ccccc1N(c1cc2c(oc3cc(N(c4ccccc4C)c4cccc5c4oc4c(-c6ccccc6)cccc45)c4ccccc4c32)c2ccccc12)c1cccc2c1oc1c(-c3ccccc3)cccc12. The van der Waals surface area contributed by atoms with Gasteiger partial charge in [0.2, 0.25) is 0 Å². The molecule has 354 valence electrons. The molecule has 0 spiro atoms. The molecule has 75 heavy (non-hydrogen) atoms. The van der Waals surface area contributed by atoms with Crippen LogP contribution >= 0.6 is 0 Å². The van der Waals surface area contributed by atoms with Gasteiger partial charge in [-0.3, -0.25) is 0 Å². The van der Waals surface area contributed by atoms with Crippen molar-refractivity contribution in [2.24, 2.45) is 0 Å². The molecule has 15 rings (SSSR count). The Labute approximate surface area is 432 Å². The highest BCUT2D eigenvalue weighted by molar-refractivity contribution is 6.28. The number of rotatable bonds is 8. The van der Waals surface area contributed by atoms with Crippen LogP contribution in [0.4, 0.5) is 34.1 Å². The van der Waals surface area contributed by atoms with Crippen molar-refractivity contribution in [3.8, 4) is 22.3 Å². The summed E-state index contributed by atoms with van der Waals surface area (Å²) in [5.41, 5.74) is 17.6. The van der Waals surface area contributed by atoms with E-state index >= 15 is 0 Å². The summed E-state index contributed by atoms with van der Waals surface area (Å²) in [6.45, 7) is 4.37. The molecule has 0 amide bonds. The molecule has 0 saturated carbocycles. The average Bonchev–Trinajstić information content (AvgIpc) is 4.21. The van der Waals surface area contributed by atoms with E-state index in [0.717, 1.165) is 155 Å². The summed E-state index contributed by atoms with van der Waals surface area (Å²) in [5, 5.41) is 10.6. The third-order valence-electron chi connectivity index (χ3n) is 15.3. The van der Waals surface area contributed by atoms with Gasteiger partial charge in [0.15, 0.2) is 11.2 Å². The van der Waals surface area contributed by atoms with E-state index in [-0.39, 0.29) is 0 Å². The molecule has 5 nitrogen and oxygen atoms in total. The number of furan rings is 3. The lowest BCUT2D eigenvalue weighted by Crippen LogP contribution is -2.12. The molecule has 0 radical (unpaired) electrons. The van der Waals surface area contributed by atoms with Crippen molar-refractivity contribution in [2.45, 2.75) is 13.8 Å². The number of hydrogen-bond donors (Lipinski definition) is 0. The Morgan fingerprint density at radius 2 is 0.627 bits per heavy atom. The van der Waals surface area contributed by atoms with Gasteiger partial charge in [-0.1, -0.05) is 206 Å². The van der Waals surface area contributed by atoms with Gasteiger partial charge in [0.05, 0.1) is 22.7 Å². The van der Waals surface area contributed by atoms with E-state index in [1.165, 1.54) is 0 Å². The second-order valence-electron chi connectivity index (χ2n) is 19.6. The van der Waals surface area contributed by atoms with E-state index in [4.69, 9.17) is 13.3 Å². The maximum absolute atomic E-state index is 7.31. The molecule has 0 bridgehead atoms. The number of anilines is 6. The first kappa shape index (κ1) is 42.8. The summed E-state index contributed by atoms with van der Waals surface area (Å²) in [5.74, 6) is 0. The van der Waals surface area contributed by atoms with Gasteiger partial charge in [0, 0.05) is 77.0 Å². The summed E-state index contributed by atoms with van der Waals surface area (Å²) in [6, 6.07) is 86.2. The van der Waals surface area contributed by atoms with Crippen LogP contribution < -0.4 is 9.80 Å². The van der Waals surface area contributed by atoms with Crippen LogP contribution in [0.25, 0.3) is 110 Å². The quantitative estimate of drug-likeness (QED) is 0.152. The first-order valence-electron chi connectivity index (χ1n) is 25.6. The number of aryl methyl sites for hydroxylation is 2. The van der Waals surface area contributed by atoms with E-state index in [0.29, 0.717) is 0 Å². The zero-order valence-corrected chi connectivity index (χ0v) is 41.2. The maximum Gasteiger partial charge on any atom is 0.159 e. The van der Waals surface area contributed by atoms with E-state index in [9.17, 15) is 0 Å². The van der Waals surface area contributed by atoms with Crippen LogP contribution in [0.3, 0.4) is 0 Å². The fourth-order valence-corrected chi connectivity index (χ4v) is 11.9. The molecule has 12 aromatic carbocycles. The normalized spacial score (nSPS) is 11.9. The topological polar surface area (TPSA) is 45.9 Å². The molecular formula is C70H46N2O3. The summed E-state index contributed by atoms with van der Waals surface area (Å²) in [6.07, 6.45) is 0. The molecule has 5 heteroatoms. The average molecular weight is 963 g/mol. The van der Waals surface area contributed by atoms with E-state index in [2.05, 4.69) is 266 Å². The second-order valence-corrected chi connectivity index (χ2v) is 19.6. The molecule has 0 saturated heterocycles. The van der Waals surface area contributed by atoms with Gasteiger partial charge in [0.1, 0.15) is 22.3 Å². The molecule has 15 aromatic rings. The second kappa shape index (κ2) is 16.9. The molecule has 0 unspecified atom stereocenters. The van der Waals surface area contributed by atoms with Crippen LogP contribution in [0.1, 0.15) is 11.1 Å². The lowest BCUT2D eigenvalue weighted by molar-refractivity contribution is 0.669. The van der Waals surface area contributed by atoms with Crippen LogP contribution in [0.15, 0.2) is 256 Å². The smallest absolute Gasteiger partial charge is 0.159 e. The number of nitrogens with zero attached hydrogens (tertiary/aromatic N) is 2. The lowest BCUT2D eigenvalue weighted by atomic mass is 9.97. The third kappa shape index (κ3) is 6.58. The van der Waals surface area contributed by atoms with Crippen molar-refractivity contribution in [2.75, 3.05) is 9.80 Å². The number of benzene rings is 12. The monoisotopic (exact) mass is 962 g/mol. The Morgan fingerprint density at radius 3 is 1.15 bits per heavy atom. The van der Waals surface area contributed by atoms with Gasteiger partial charge in [-0.25, -0.2) is 0 Å². The van der Waals surface area contributed by atoms with E-state index in [1.807, 2.05) is 0 Å². The van der Waals surface area contributed by atoms with Gasteiger partial charge in [-0.2, -0.15) is 0 Å². The minimum Gasteiger partial charge on any atom is -0.455 e. The molecule has 0 N–H and O–H groups in total. The summed E-state index contributed by atoms with van der Waals surface area (Å²) in [4.78, 5) is 4.77. The van der Waals surface area contributed by atoms with Crippen molar-refractivity contribution in [3.63, 3.8) is 0 Å². The Balaban J connectivity index is 0.998. The lowest BCUT2D eigenvalue weighted by Gasteiger charge is -2.28. The standard InChI is InChI=1S/C70H46N2O3/c1-43-21-9-15-37-58(43)71(60-39-19-35-55-53-33-17-31-47(66(53)74-69(55)60)45-23-5-3-6-24-45)62-41-57-65-51-29-13-11-27-49(51)63(42-64(65)73-68(57)52-30-14-12-28-50(52)62)72(59-38-16-10-22-44(59)2)61-40-20-36-56-54-34-18-32-48(67(54)75-70(56)61)46-25-7-4-8-26-46/h3-42H,1-2H3. The van der Waals surface area contributed by atoms with Crippen LogP contribution in [0.2, 0.25) is 0 Å². The van der Waals surface area contributed by atoms with Crippen LogP contribution in [-0.2, 0) is 0 Å². The minimum absolute atomic E-state index is 0.790. The molecule has 0 aliphatic heterocycles. The highest BCUT2D eigenvalue weighted by Crippen LogP contribution is 2.52. The summed E-state index contributed by atoms with van der Waals surface area (Å²) < 4.78 is 21.6. The van der Waals surface area contributed by atoms with Crippen molar-refractivity contribution in [1.82, 2.24) is 0 Å². The Kier molecular flexibility index (Phi) is 9.63. The molecule has 0 atom stereocenters. The van der Waals surface area contributed by atoms with Crippen molar-refractivity contribution in [3.05, 3.63) is 254 Å². The Morgan fingerprint density at radius 1 is 0.253 bits per heavy atom. The fraction of sp³-hybridized carbons (Fsp3) is 0.0286. The number of fused-ring (bicyclic) bond motifs is 13. The molecule has 3 heterocycles. The summed E-state index contributed by atoms with van der Waals surface area (Å²) >= 11 is 0. The molecule has 0 fully saturated rings. The van der Waals surface area contributed by atoms with Crippen LogP contribution in [0, 0.1) is 13.8 Å². The van der Waals surface area contributed by atoms with Gasteiger partial charge in [-0.05, 0) is 71.8 Å². The number of hydrogen-bond acceptors (Lipinski definition) is 5. The van der Waals surface area contributed by atoms with E-state index in [1.54, 1.807) is 0 Å². The Hall–Kier alpha value is -9.84. The van der Waals surface area contributed by atoms with Gasteiger partial charge in [-0.15, -0.1) is 0 Å². The molecule has 3 aromatic heterocycles. The van der Waals surface area contributed by atoms with Crippen LogP contribution in [-0.4, -0.2) is 0 Å². The number of para-hydroxylation sites is 6. The molecule has 0 aliphatic carbocycles. The van der Waals surface area contributed by atoms with Gasteiger partial charge in [0.25, 0.3) is 0 Å². The van der Waals surface area contributed by atoms with Gasteiger partial charge < -0.3 is 23.1 Å².